The molecular weight excluding hydrogens is 350 g/mol. The van der Waals surface area contributed by atoms with Gasteiger partial charge in [-0.2, -0.15) is 0 Å². The van der Waals surface area contributed by atoms with E-state index in [1.165, 1.54) is 11.3 Å². The molecule has 2 aromatic carbocycles. The van der Waals surface area contributed by atoms with Gasteiger partial charge in [0, 0.05) is 38.9 Å². The number of aryl methyl sites for hydroxylation is 2. The Hall–Kier alpha value is -3.02. The number of aromatic nitrogens is 2. The molecular formula is C22H27N5O. The maximum Gasteiger partial charge on any atom is 0.317 e. The molecule has 1 fully saturated rings. The van der Waals surface area contributed by atoms with Crippen molar-refractivity contribution >= 4 is 22.8 Å². The molecule has 1 N–H and O–H groups in total. The number of benzene rings is 2. The van der Waals surface area contributed by atoms with Gasteiger partial charge >= 0.3 is 6.03 Å². The number of fused-ring (bicyclic) bond motifs is 1. The zero-order chi connectivity index (χ0) is 19.5. The molecule has 1 saturated heterocycles. The third-order valence-electron chi connectivity index (χ3n) is 5.52. The first-order valence-electron chi connectivity index (χ1n) is 9.87. The second-order valence-corrected chi connectivity index (χ2v) is 7.35. The van der Waals surface area contributed by atoms with Crippen LogP contribution in [0.3, 0.4) is 0 Å². The molecule has 0 bridgehead atoms. The number of amides is 2. The van der Waals surface area contributed by atoms with Crippen LogP contribution in [0.2, 0.25) is 0 Å². The number of urea groups is 1. The minimum atomic E-state index is -0.0151. The Morgan fingerprint density at radius 1 is 1.04 bits per heavy atom. The van der Waals surface area contributed by atoms with Crippen molar-refractivity contribution < 1.29 is 4.79 Å². The fourth-order valence-corrected chi connectivity index (χ4v) is 3.90. The first-order chi connectivity index (χ1) is 13.6. The van der Waals surface area contributed by atoms with E-state index in [1.54, 1.807) is 0 Å². The molecule has 0 atom stereocenters. The molecule has 3 aromatic rings. The Kier molecular flexibility index (Phi) is 5.19. The van der Waals surface area contributed by atoms with Crippen LogP contribution in [0, 0.1) is 6.92 Å². The summed E-state index contributed by atoms with van der Waals surface area (Å²) in [5.41, 5.74) is 4.58. The lowest BCUT2D eigenvalue weighted by Gasteiger charge is -2.25. The van der Waals surface area contributed by atoms with Gasteiger partial charge < -0.3 is 19.7 Å². The standard InChI is InChI=1S/C22H27N5O/c1-17-8-3-5-10-19(17)26-12-7-13-27(15-14-26)22(28)23-16-21-24-18-9-4-6-11-20(18)25(21)2/h3-6,8-11H,7,12-16H2,1-2H3,(H,23,28). The normalized spacial score (nSPS) is 14.9. The minimum Gasteiger partial charge on any atom is -0.369 e. The van der Waals surface area contributed by atoms with E-state index in [-0.39, 0.29) is 6.03 Å². The molecule has 0 unspecified atom stereocenters. The lowest BCUT2D eigenvalue weighted by Crippen LogP contribution is -2.42. The van der Waals surface area contributed by atoms with Crippen LogP contribution in [0.15, 0.2) is 48.5 Å². The van der Waals surface area contributed by atoms with E-state index in [0.717, 1.165) is 49.5 Å². The van der Waals surface area contributed by atoms with E-state index < -0.39 is 0 Å². The average Bonchev–Trinajstić information content (AvgIpc) is 2.88. The number of para-hydroxylation sites is 3. The highest BCUT2D eigenvalue weighted by Gasteiger charge is 2.20. The van der Waals surface area contributed by atoms with Crippen LogP contribution < -0.4 is 10.2 Å². The molecule has 1 aromatic heterocycles. The Bertz CT molecular complexity index is 980. The van der Waals surface area contributed by atoms with E-state index in [9.17, 15) is 4.79 Å². The van der Waals surface area contributed by atoms with E-state index >= 15 is 0 Å². The van der Waals surface area contributed by atoms with Gasteiger partial charge in [-0.3, -0.25) is 0 Å². The molecule has 1 aliphatic heterocycles. The molecule has 2 amide bonds. The van der Waals surface area contributed by atoms with Crippen molar-refractivity contribution in [2.75, 3.05) is 31.1 Å². The molecule has 6 nitrogen and oxygen atoms in total. The van der Waals surface area contributed by atoms with Gasteiger partial charge in [0.1, 0.15) is 5.82 Å². The van der Waals surface area contributed by atoms with Crippen molar-refractivity contribution in [1.29, 1.82) is 0 Å². The van der Waals surface area contributed by atoms with Crippen molar-refractivity contribution in [3.05, 3.63) is 59.9 Å². The topological polar surface area (TPSA) is 53.4 Å². The van der Waals surface area contributed by atoms with Crippen LogP contribution in [0.5, 0.6) is 0 Å². The van der Waals surface area contributed by atoms with E-state index in [1.807, 2.05) is 40.8 Å². The van der Waals surface area contributed by atoms with Gasteiger partial charge in [0.15, 0.2) is 0 Å². The number of carbonyl (C=O) groups excluding carboxylic acids is 1. The number of anilines is 1. The van der Waals surface area contributed by atoms with Crippen LogP contribution in [0.1, 0.15) is 17.8 Å². The van der Waals surface area contributed by atoms with Crippen LogP contribution in [-0.4, -0.2) is 46.7 Å². The van der Waals surface area contributed by atoms with Gasteiger partial charge in [-0.1, -0.05) is 30.3 Å². The van der Waals surface area contributed by atoms with Gasteiger partial charge in [0.05, 0.1) is 17.6 Å². The fraction of sp³-hybridized carbons (Fsp3) is 0.364. The predicted molar refractivity (Wildman–Crippen MR) is 113 cm³/mol. The highest BCUT2D eigenvalue weighted by Crippen LogP contribution is 2.21. The quantitative estimate of drug-likeness (QED) is 0.762. The molecule has 4 rings (SSSR count). The van der Waals surface area contributed by atoms with Gasteiger partial charge in [-0.25, -0.2) is 9.78 Å². The van der Waals surface area contributed by atoms with Crippen LogP contribution in [0.25, 0.3) is 11.0 Å². The summed E-state index contributed by atoms with van der Waals surface area (Å²) >= 11 is 0. The van der Waals surface area contributed by atoms with Crippen molar-refractivity contribution in [2.45, 2.75) is 19.9 Å². The summed E-state index contributed by atoms with van der Waals surface area (Å²) in [5.74, 6) is 0.867. The fourth-order valence-electron chi connectivity index (χ4n) is 3.90. The van der Waals surface area contributed by atoms with Crippen molar-refractivity contribution in [3.63, 3.8) is 0 Å². The lowest BCUT2D eigenvalue weighted by molar-refractivity contribution is 0.200. The third-order valence-corrected chi connectivity index (χ3v) is 5.52. The van der Waals surface area contributed by atoms with Crippen LogP contribution in [-0.2, 0) is 13.6 Å². The highest BCUT2D eigenvalue weighted by molar-refractivity contribution is 5.76. The van der Waals surface area contributed by atoms with Crippen molar-refractivity contribution in [3.8, 4) is 0 Å². The summed E-state index contributed by atoms with van der Waals surface area (Å²) in [6, 6.07) is 16.5. The van der Waals surface area contributed by atoms with Gasteiger partial charge in [0.25, 0.3) is 0 Å². The van der Waals surface area contributed by atoms with E-state index in [0.29, 0.717) is 6.54 Å². The Labute approximate surface area is 165 Å². The number of rotatable bonds is 3. The summed E-state index contributed by atoms with van der Waals surface area (Å²) in [6.45, 7) is 5.90. The first-order valence-corrected chi connectivity index (χ1v) is 9.87. The van der Waals surface area contributed by atoms with Crippen LogP contribution in [0.4, 0.5) is 10.5 Å². The molecule has 28 heavy (non-hydrogen) atoms. The average molecular weight is 377 g/mol. The van der Waals surface area contributed by atoms with Crippen molar-refractivity contribution in [1.82, 2.24) is 19.8 Å². The monoisotopic (exact) mass is 377 g/mol. The molecule has 0 aliphatic carbocycles. The third kappa shape index (κ3) is 3.67. The SMILES string of the molecule is Cc1ccccc1N1CCCN(C(=O)NCc2nc3ccccc3n2C)CC1. The molecule has 1 aliphatic rings. The molecule has 2 heterocycles. The first kappa shape index (κ1) is 18.3. The summed E-state index contributed by atoms with van der Waals surface area (Å²) in [7, 11) is 1.99. The summed E-state index contributed by atoms with van der Waals surface area (Å²) in [6.07, 6.45) is 0.966. The highest BCUT2D eigenvalue weighted by atomic mass is 16.2. The summed E-state index contributed by atoms with van der Waals surface area (Å²) in [4.78, 5) is 21.7. The Balaban J connectivity index is 1.37. The molecule has 146 valence electrons. The predicted octanol–water partition coefficient (Wildman–Crippen LogP) is 3.30. The number of hydrogen-bond acceptors (Lipinski definition) is 3. The van der Waals surface area contributed by atoms with E-state index in [4.69, 9.17) is 0 Å². The number of nitrogens with zero attached hydrogens (tertiary/aromatic N) is 4. The number of imidazole rings is 1. The maximum atomic E-state index is 12.7. The Morgan fingerprint density at radius 2 is 1.82 bits per heavy atom. The molecule has 0 saturated carbocycles. The summed E-state index contributed by atoms with van der Waals surface area (Å²) in [5, 5.41) is 3.05. The number of nitrogens with one attached hydrogen (secondary N) is 1. The lowest BCUT2D eigenvalue weighted by atomic mass is 10.2. The molecule has 6 heteroatoms. The Morgan fingerprint density at radius 3 is 2.64 bits per heavy atom. The van der Waals surface area contributed by atoms with Crippen LogP contribution >= 0.6 is 0 Å². The van der Waals surface area contributed by atoms with Gasteiger partial charge in [0.2, 0.25) is 0 Å². The van der Waals surface area contributed by atoms with Gasteiger partial charge in [-0.05, 0) is 37.1 Å². The zero-order valence-electron chi connectivity index (χ0n) is 16.6. The zero-order valence-corrected chi connectivity index (χ0v) is 16.6. The largest absolute Gasteiger partial charge is 0.369 e. The maximum absolute atomic E-state index is 12.7. The van der Waals surface area contributed by atoms with E-state index in [2.05, 4.69) is 46.4 Å². The molecule has 0 spiro atoms. The molecule has 0 radical (unpaired) electrons. The number of carbonyl (C=O) groups is 1. The van der Waals surface area contributed by atoms with Gasteiger partial charge in [-0.15, -0.1) is 0 Å². The minimum absolute atomic E-state index is 0.0151. The second-order valence-electron chi connectivity index (χ2n) is 7.35. The smallest absolute Gasteiger partial charge is 0.317 e. The van der Waals surface area contributed by atoms with Crippen molar-refractivity contribution in [2.24, 2.45) is 7.05 Å². The summed E-state index contributed by atoms with van der Waals surface area (Å²) < 4.78 is 2.04. The second kappa shape index (κ2) is 7.92. The number of hydrogen-bond donors (Lipinski definition) is 1.